The molecule has 0 radical (unpaired) electrons. The number of carbonyl (C=O) groups excluding carboxylic acids is 2. The Kier molecular flexibility index (Phi) is 9.90. The average molecular weight is 537 g/mol. The standard InChI is InChI=1S/C19H23Cl2N5O3S3/c1-12(27)26(32-19-24-23-18(31-19)30-11-17(28)22-2)10-14-9-25(5-6-29-14)8-13-3-4-15(20)16(21)7-13/h3-4,7,14H,5-6,8-11H2,1-2H3,(H,22,28)/t14-/m0/s1. The van der Waals surface area contributed by atoms with Crippen LogP contribution in [-0.4, -0.2) is 76.4 Å². The quantitative estimate of drug-likeness (QED) is 0.385. The molecule has 13 heteroatoms. The van der Waals surface area contributed by atoms with Crippen LogP contribution in [0.2, 0.25) is 10.0 Å². The molecular weight excluding hydrogens is 513 g/mol. The number of carbonyl (C=O) groups is 2. The molecule has 3 rings (SSSR count). The third kappa shape index (κ3) is 7.75. The van der Waals surface area contributed by atoms with Crippen molar-refractivity contribution in [1.29, 1.82) is 0 Å². The van der Waals surface area contributed by atoms with Gasteiger partial charge in [-0.15, -0.1) is 10.2 Å². The van der Waals surface area contributed by atoms with E-state index >= 15 is 0 Å². The Morgan fingerprint density at radius 1 is 1.31 bits per heavy atom. The van der Waals surface area contributed by atoms with E-state index < -0.39 is 0 Å². The fourth-order valence-electron chi connectivity index (χ4n) is 2.93. The Morgan fingerprint density at radius 3 is 2.81 bits per heavy atom. The third-order valence-corrected chi connectivity index (χ3v) is 8.44. The van der Waals surface area contributed by atoms with Crippen LogP contribution < -0.4 is 5.32 Å². The maximum absolute atomic E-state index is 12.2. The van der Waals surface area contributed by atoms with Crippen LogP contribution in [-0.2, 0) is 20.9 Å². The molecule has 0 saturated carbocycles. The molecule has 1 aromatic carbocycles. The number of hydrogen-bond donors (Lipinski definition) is 1. The summed E-state index contributed by atoms with van der Waals surface area (Å²) in [5.74, 6) is 0.108. The van der Waals surface area contributed by atoms with Gasteiger partial charge >= 0.3 is 0 Å². The normalized spacial score (nSPS) is 16.7. The minimum absolute atomic E-state index is 0.0790. The zero-order valence-electron chi connectivity index (χ0n) is 17.5. The van der Waals surface area contributed by atoms with Crippen molar-refractivity contribution >= 4 is 70.1 Å². The number of nitrogens with zero attached hydrogens (tertiary/aromatic N) is 4. The van der Waals surface area contributed by atoms with Gasteiger partial charge in [0.15, 0.2) is 8.68 Å². The van der Waals surface area contributed by atoms with Gasteiger partial charge in [0.2, 0.25) is 11.8 Å². The second-order valence-electron chi connectivity index (χ2n) is 6.94. The van der Waals surface area contributed by atoms with E-state index in [1.807, 2.05) is 12.1 Å². The molecule has 2 aromatic rings. The van der Waals surface area contributed by atoms with Crippen LogP contribution in [0.3, 0.4) is 0 Å². The molecule has 0 spiro atoms. The topological polar surface area (TPSA) is 87.7 Å². The lowest BCUT2D eigenvalue weighted by Crippen LogP contribution is -2.46. The van der Waals surface area contributed by atoms with Crippen LogP contribution in [0.5, 0.6) is 0 Å². The van der Waals surface area contributed by atoms with Gasteiger partial charge in [0, 0.05) is 45.6 Å². The highest BCUT2D eigenvalue weighted by atomic mass is 35.5. The average Bonchev–Trinajstić information content (AvgIpc) is 3.22. The largest absolute Gasteiger partial charge is 0.374 e. The summed E-state index contributed by atoms with van der Waals surface area (Å²) in [6, 6.07) is 5.64. The summed E-state index contributed by atoms with van der Waals surface area (Å²) >= 11 is 16.1. The maximum Gasteiger partial charge on any atom is 0.230 e. The molecule has 1 atom stereocenters. The second kappa shape index (κ2) is 12.4. The summed E-state index contributed by atoms with van der Waals surface area (Å²) in [6.45, 7) is 4.75. The van der Waals surface area contributed by atoms with E-state index in [1.54, 1.807) is 17.4 Å². The van der Waals surface area contributed by atoms with Crippen LogP contribution in [0, 0.1) is 0 Å². The zero-order valence-corrected chi connectivity index (χ0v) is 21.5. The lowest BCUT2D eigenvalue weighted by Gasteiger charge is -2.35. The lowest BCUT2D eigenvalue weighted by atomic mass is 10.2. The molecule has 1 aliphatic heterocycles. The van der Waals surface area contributed by atoms with Crippen LogP contribution in [0.15, 0.2) is 26.9 Å². The first-order valence-electron chi connectivity index (χ1n) is 9.75. The second-order valence-corrected chi connectivity index (χ2v) is 11.2. The molecular formula is C19H23Cl2N5O3S3. The van der Waals surface area contributed by atoms with Crippen molar-refractivity contribution in [1.82, 2.24) is 24.7 Å². The van der Waals surface area contributed by atoms with Gasteiger partial charge < -0.3 is 10.1 Å². The first kappa shape index (κ1) is 25.5. The maximum atomic E-state index is 12.2. The molecule has 1 fully saturated rings. The SMILES string of the molecule is CNC(=O)CSc1nnc(SN(C[C@@H]2CN(Cc3ccc(Cl)c(Cl)c3)CCO2)C(C)=O)s1. The number of hydrogen-bond acceptors (Lipinski definition) is 9. The molecule has 0 unspecified atom stereocenters. The van der Waals surface area contributed by atoms with Crippen LogP contribution in [0.1, 0.15) is 12.5 Å². The highest BCUT2D eigenvalue weighted by Gasteiger charge is 2.25. The van der Waals surface area contributed by atoms with Crippen LogP contribution in [0.4, 0.5) is 0 Å². The molecule has 1 N–H and O–H groups in total. The van der Waals surface area contributed by atoms with Gasteiger partial charge in [-0.2, -0.15) is 0 Å². The van der Waals surface area contributed by atoms with E-state index in [0.29, 0.717) is 38.4 Å². The summed E-state index contributed by atoms with van der Waals surface area (Å²) in [5, 5.41) is 11.9. The minimum Gasteiger partial charge on any atom is -0.374 e. The Labute approximate surface area is 209 Å². The Morgan fingerprint density at radius 2 is 2.09 bits per heavy atom. The van der Waals surface area contributed by atoms with E-state index in [-0.39, 0.29) is 23.7 Å². The molecule has 0 bridgehead atoms. The molecule has 0 aliphatic carbocycles. The molecule has 2 amide bonds. The van der Waals surface area contributed by atoms with Gasteiger partial charge in [-0.05, 0) is 17.7 Å². The summed E-state index contributed by atoms with van der Waals surface area (Å²) in [7, 11) is 1.59. The number of rotatable bonds is 9. The fraction of sp³-hybridized carbons (Fsp3) is 0.474. The number of morpholine rings is 1. The molecule has 1 aromatic heterocycles. The van der Waals surface area contributed by atoms with Crippen molar-refractivity contribution < 1.29 is 14.3 Å². The number of ether oxygens (including phenoxy) is 1. The number of amides is 2. The molecule has 1 saturated heterocycles. The fourth-order valence-corrected chi connectivity index (χ4v) is 6.16. The Hall–Kier alpha value is -1.08. The van der Waals surface area contributed by atoms with Crippen molar-refractivity contribution in [3.05, 3.63) is 33.8 Å². The van der Waals surface area contributed by atoms with Gasteiger partial charge in [0.1, 0.15) is 0 Å². The van der Waals surface area contributed by atoms with Crippen molar-refractivity contribution in [3.8, 4) is 0 Å². The van der Waals surface area contributed by atoms with E-state index in [4.69, 9.17) is 27.9 Å². The molecule has 32 heavy (non-hydrogen) atoms. The highest BCUT2D eigenvalue weighted by molar-refractivity contribution is 8.03. The number of benzene rings is 1. The molecule has 2 heterocycles. The number of nitrogens with one attached hydrogen (secondary N) is 1. The smallest absolute Gasteiger partial charge is 0.230 e. The Balaban J connectivity index is 1.54. The third-order valence-electron chi connectivity index (χ3n) is 4.52. The predicted molar refractivity (Wildman–Crippen MR) is 129 cm³/mol. The Bertz CT molecular complexity index is 949. The van der Waals surface area contributed by atoms with Crippen molar-refractivity contribution in [2.45, 2.75) is 28.3 Å². The summed E-state index contributed by atoms with van der Waals surface area (Å²) < 4.78 is 8.88. The van der Waals surface area contributed by atoms with E-state index in [9.17, 15) is 9.59 Å². The number of thioether (sulfide) groups is 1. The van der Waals surface area contributed by atoms with Gasteiger partial charge in [-0.25, -0.2) is 0 Å². The minimum atomic E-state index is -0.127. The summed E-state index contributed by atoms with van der Waals surface area (Å²) in [6.07, 6.45) is -0.127. The summed E-state index contributed by atoms with van der Waals surface area (Å²) in [5.41, 5.74) is 1.08. The molecule has 174 valence electrons. The monoisotopic (exact) mass is 535 g/mol. The van der Waals surface area contributed by atoms with Crippen molar-refractivity contribution in [2.24, 2.45) is 0 Å². The van der Waals surface area contributed by atoms with E-state index in [0.717, 1.165) is 18.7 Å². The first-order valence-corrected chi connectivity index (χ1v) is 13.1. The predicted octanol–water partition coefficient (Wildman–Crippen LogP) is 3.44. The molecule has 1 aliphatic rings. The van der Waals surface area contributed by atoms with Gasteiger partial charge in [-0.1, -0.05) is 52.4 Å². The van der Waals surface area contributed by atoms with Crippen LogP contribution in [0.25, 0.3) is 0 Å². The van der Waals surface area contributed by atoms with Crippen molar-refractivity contribution in [2.75, 3.05) is 39.0 Å². The zero-order chi connectivity index (χ0) is 23.1. The van der Waals surface area contributed by atoms with Gasteiger partial charge in [0.05, 0.1) is 35.1 Å². The van der Waals surface area contributed by atoms with E-state index in [2.05, 4.69) is 20.4 Å². The number of aromatic nitrogens is 2. The highest BCUT2D eigenvalue weighted by Crippen LogP contribution is 2.31. The first-order chi connectivity index (χ1) is 15.3. The van der Waals surface area contributed by atoms with Gasteiger partial charge in [0.25, 0.3) is 0 Å². The number of halogens is 2. The van der Waals surface area contributed by atoms with Crippen LogP contribution >= 0.6 is 58.2 Å². The lowest BCUT2D eigenvalue weighted by molar-refractivity contribution is -0.126. The molecule has 8 nitrogen and oxygen atoms in total. The van der Waals surface area contributed by atoms with E-state index in [1.165, 1.54) is 42.0 Å². The van der Waals surface area contributed by atoms with Gasteiger partial charge in [-0.3, -0.25) is 18.8 Å². The summed E-state index contributed by atoms with van der Waals surface area (Å²) in [4.78, 5) is 25.9. The van der Waals surface area contributed by atoms with Crippen molar-refractivity contribution in [3.63, 3.8) is 0 Å².